The van der Waals surface area contributed by atoms with Crippen molar-refractivity contribution in [1.29, 1.82) is 0 Å². The number of fused-ring (bicyclic) bond motifs is 1. The maximum Gasteiger partial charge on any atom is 0.345 e. The maximum absolute atomic E-state index is 11.6. The molecular weight excluding hydrogens is 258 g/mol. The second-order valence-corrected chi connectivity index (χ2v) is 5.11. The molecule has 5 heteroatoms. The Morgan fingerprint density at radius 2 is 2.29 bits per heavy atom. The molecule has 0 spiro atoms. The van der Waals surface area contributed by atoms with E-state index in [0.717, 1.165) is 5.75 Å². The molecule has 1 aliphatic rings. The number of carbonyl (C=O) groups is 1. The minimum atomic E-state index is -0.377. The number of ether oxygens (including phenoxy) is 1. The minimum absolute atomic E-state index is 0.0926. The molecule has 0 radical (unpaired) electrons. The maximum atomic E-state index is 11.6. The van der Waals surface area contributed by atoms with Crippen molar-refractivity contribution in [3.63, 3.8) is 0 Å². The Morgan fingerprint density at radius 1 is 1.53 bits per heavy atom. The molecule has 1 aliphatic heterocycles. The van der Waals surface area contributed by atoms with Gasteiger partial charge in [-0.2, -0.15) is 11.8 Å². The molecule has 1 aromatic rings. The predicted octanol–water partition coefficient (Wildman–Crippen LogP) is 3.01. The van der Waals surface area contributed by atoms with Crippen LogP contribution in [0.5, 0.6) is 0 Å². The quantitative estimate of drug-likeness (QED) is 0.792. The molecule has 0 saturated heterocycles. The van der Waals surface area contributed by atoms with Gasteiger partial charge in [-0.05, 0) is 25.3 Å². The van der Waals surface area contributed by atoms with Crippen molar-refractivity contribution in [3.8, 4) is 0 Å². The van der Waals surface area contributed by atoms with Gasteiger partial charge in [-0.25, -0.2) is 9.79 Å². The lowest BCUT2D eigenvalue weighted by Crippen LogP contribution is -2.09. The Balaban J connectivity index is 2.39. The van der Waals surface area contributed by atoms with Gasteiger partial charge < -0.3 is 4.74 Å². The van der Waals surface area contributed by atoms with E-state index in [9.17, 15) is 4.79 Å². The molecule has 17 heavy (non-hydrogen) atoms. The molecule has 0 bridgehead atoms. The number of halogens is 1. The van der Waals surface area contributed by atoms with Crippen molar-refractivity contribution in [2.75, 3.05) is 12.0 Å². The number of hydrogen-bond acceptors (Lipinski definition) is 4. The minimum Gasteiger partial charge on any atom is -0.403 e. The molecule has 2 rings (SSSR count). The second kappa shape index (κ2) is 5.10. The summed E-state index contributed by atoms with van der Waals surface area (Å²) in [5.74, 6) is 0.843. The summed E-state index contributed by atoms with van der Waals surface area (Å²) in [4.78, 5) is 16.0. The van der Waals surface area contributed by atoms with Gasteiger partial charge in [0.25, 0.3) is 0 Å². The molecule has 0 aliphatic carbocycles. The van der Waals surface area contributed by atoms with Crippen molar-refractivity contribution in [1.82, 2.24) is 0 Å². The number of carbonyl (C=O) groups excluding carboxylic acids is 1. The molecule has 3 nitrogen and oxygen atoms in total. The van der Waals surface area contributed by atoms with Crippen molar-refractivity contribution >= 4 is 35.2 Å². The smallest absolute Gasteiger partial charge is 0.345 e. The van der Waals surface area contributed by atoms with Crippen LogP contribution in [-0.2, 0) is 4.74 Å². The molecule has 0 fully saturated rings. The first kappa shape index (κ1) is 12.5. The van der Waals surface area contributed by atoms with Gasteiger partial charge >= 0.3 is 5.97 Å². The number of benzene rings is 1. The highest BCUT2D eigenvalue weighted by Crippen LogP contribution is 2.28. The largest absolute Gasteiger partial charge is 0.403 e. The number of hydrogen-bond donors (Lipinski definition) is 0. The third-order valence-electron chi connectivity index (χ3n) is 2.38. The zero-order valence-corrected chi connectivity index (χ0v) is 11.1. The second-order valence-electron chi connectivity index (χ2n) is 3.79. The number of rotatable bonds is 3. The fraction of sp³-hybridized carbons (Fsp3) is 0.333. The molecular formula is C12H12ClNO2S. The molecule has 0 saturated carbocycles. The summed E-state index contributed by atoms with van der Waals surface area (Å²) in [7, 11) is 0. The van der Waals surface area contributed by atoms with E-state index < -0.39 is 0 Å². The SMILES string of the molecule is CSC[C@H](C)/N=C1/OC(=O)c2cccc(Cl)c21. The first-order valence-corrected chi connectivity index (χ1v) is 6.98. The number of cyclic esters (lactones) is 1. The number of esters is 1. The summed E-state index contributed by atoms with van der Waals surface area (Å²) >= 11 is 7.77. The van der Waals surface area contributed by atoms with Crippen LogP contribution < -0.4 is 0 Å². The standard InChI is InChI=1S/C12H12ClNO2S/c1-7(6-17-2)14-11-10-8(12(15)16-11)4-3-5-9(10)13/h3-5,7H,6H2,1-2H3/b14-11+/t7-/m0/s1. The zero-order valence-electron chi connectivity index (χ0n) is 9.57. The van der Waals surface area contributed by atoms with Crippen LogP contribution in [0.15, 0.2) is 23.2 Å². The van der Waals surface area contributed by atoms with E-state index in [0.29, 0.717) is 22.0 Å². The van der Waals surface area contributed by atoms with Crippen molar-refractivity contribution in [2.45, 2.75) is 13.0 Å². The third kappa shape index (κ3) is 2.48. The fourth-order valence-corrected chi connectivity index (χ4v) is 2.49. The Morgan fingerprint density at radius 3 is 3.00 bits per heavy atom. The normalized spacial score (nSPS) is 18.1. The summed E-state index contributed by atoms with van der Waals surface area (Å²) < 4.78 is 5.15. The van der Waals surface area contributed by atoms with Crippen LogP contribution in [0.4, 0.5) is 0 Å². The van der Waals surface area contributed by atoms with E-state index in [1.54, 1.807) is 30.0 Å². The summed E-state index contributed by atoms with van der Waals surface area (Å²) in [6, 6.07) is 5.26. The van der Waals surface area contributed by atoms with Crippen LogP contribution in [0.25, 0.3) is 0 Å². The third-order valence-corrected chi connectivity index (χ3v) is 3.51. The van der Waals surface area contributed by atoms with Gasteiger partial charge in [-0.15, -0.1) is 0 Å². The van der Waals surface area contributed by atoms with E-state index >= 15 is 0 Å². The number of nitrogens with zero attached hydrogens (tertiary/aromatic N) is 1. The molecule has 1 aromatic carbocycles. The van der Waals surface area contributed by atoms with E-state index in [-0.39, 0.29) is 12.0 Å². The average molecular weight is 270 g/mol. The molecule has 1 atom stereocenters. The summed E-state index contributed by atoms with van der Waals surface area (Å²) in [6.07, 6.45) is 2.01. The van der Waals surface area contributed by atoms with Gasteiger partial charge in [0.05, 0.1) is 22.2 Å². The first-order valence-electron chi connectivity index (χ1n) is 5.21. The van der Waals surface area contributed by atoms with Crippen LogP contribution in [-0.4, -0.2) is 29.9 Å². The monoisotopic (exact) mass is 269 g/mol. The van der Waals surface area contributed by atoms with Crippen molar-refractivity contribution in [3.05, 3.63) is 34.3 Å². The lowest BCUT2D eigenvalue weighted by molar-refractivity contribution is 0.0736. The molecule has 0 amide bonds. The van der Waals surface area contributed by atoms with Gasteiger partial charge in [-0.3, -0.25) is 0 Å². The summed E-state index contributed by atoms with van der Waals surface area (Å²) in [6.45, 7) is 1.98. The van der Waals surface area contributed by atoms with E-state index in [4.69, 9.17) is 16.3 Å². The molecule has 0 aromatic heterocycles. The van der Waals surface area contributed by atoms with Crippen LogP contribution in [0.1, 0.15) is 22.8 Å². The van der Waals surface area contributed by atoms with Crippen LogP contribution >= 0.6 is 23.4 Å². The molecule has 1 heterocycles. The Hall–Kier alpha value is -1.00. The predicted molar refractivity (Wildman–Crippen MR) is 71.2 cm³/mol. The van der Waals surface area contributed by atoms with Crippen LogP contribution in [0.2, 0.25) is 5.02 Å². The molecule has 0 unspecified atom stereocenters. The Bertz CT molecular complexity index is 487. The van der Waals surface area contributed by atoms with Crippen LogP contribution in [0.3, 0.4) is 0 Å². The van der Waals surface area contributed by atoms with Crippen molar-refractivity contribution < 1.29 is 9.53 Å². The lowest BCUT2D eigenvalue weighted by Gasteiger charge is -2.05. The number of thioether (sulfide) groups is 1. The van der Waals surface area contributed by atoms with Gasteiger partial charge in [0.1, 0.15) is 0 Å². The van der Waals surface area contributed by atoms with E-state index in [2.05, 4.69) is 4.99 Å². The summed E-state index contributed by atoms with van der Waals surface area (Å²) in [5, 5.41) is 0.503. The Labute approximate surface area is 109 Å². The average Bonchev–Trinajstić information content (AvgIpc) is 2.57. The first-order chi connectivity index (χ1) is 8.13. The van der Waals surface area contributed by atoms with Crippen LogP contribution in [0, 0.1) is 0 Å². The fourth-order valence-electron chi connectivity index (χ4n) is 1.67. The van der Waals surface area contributed by atoms with Gasteiger partial charge in [0.2, 0.25) is 5.90 Å². The highest BCUT2D eigenvalue weighted by atomic mass is 35.5. The highest BCUT2D eigenvalue weighted by molar-refractivity contribution is 7.98. The molecule has 0 N–H and O–H groups in total. The van der Waals surface area contributed by atoms with E-state index in [1.165, 1.54) is 0 Å². The topological polar surface area (TPSA) is 38.7 Å². The lowest BCUT2D eigenvalue weighted by atomic mass is 10.1. The summed E-state index contributed by atoms with van der Waals surface area (Å²) in [5.41, 5.74) is 1.11. The van der Waals surface area contributed by atoms with Gasteiger partial charge in [-0.1, -0.05) is 17.7 Å². The van der Waals surface area contributed by atoms with Gasteiger partial charge in [0.15, 0.2) is 0 Å². The van der Waals surface area contributed by atoms with Gasteiger partial charge in [0, 0.05) is 5.75 Å². The van der Waals surface area contributed by atoms with E-state index in [1.807, 2.05) is 13.2 Å². The number of aliphatic imine (C=N–C) groups is 1. The zero-order chi connectivity index (χ0) is 12.4. The van der Waals surface area contributed by atoms with Crippen molar-refractivity contribution in [2.24, 2.45) is 4.99 Å². The highest BCUT2D eigenvalue weighted by Gasteiger charge is 2.30. The Kier molecular flexibility index (Phi) is 3.74. The molecule has 90 valence electrons.